The summed E-state index contributed by atoms with van der Waals surface area (Å²) in [5.41, 5.74) is 11.9. The highest BCUT2D eigenvalue weighted by molar-refractivity contribution is 7.98. The quantitative estimate of drug-likeness (QED) is 0.180. The van der Waals surface area contributed by atoms with Crippen LogP contribution in [0.25, 0.3) is 0 Å². The first-order chi connectivity index (χ1) is 16.5. The van der Waals surface area contributed by atoms with Gasteiger partial charge < -0.3 is 32.5 Å². The molecule has 0 aliphatic heterocycles. The zero-order valence-corrected chi connectivity index (χ0v) is 21.0. The van der Waals surface area contributed by atoms with Gasteiger partial charge in [-0.25, -0.2) is 4.79 Å². The fourth-order valence-electron chi connectivity index (χ4n) is 3.16. The standard InChI is InChI=1S/C23H35N5O6S/c1-13(2)19(23(33)34)28-22(32)17(12-18(25)29)27-21(31)16(11-14-7-5-4-6-8-14)26-20(30)15(24)9-10-35-3/h4-8,13,15-17,19H,9-12,24H2,1-3H3,(H2,25,29)(H,26,30)(H,27,31)(H,28,32)(H,33,34). The monoisotopic (exact) mass is 509 g/mol. The van der Waals surface area contributed by atoms with E-state index in [1.54, 1.807) is 44.2 Å². The van der Waals surface area contributed by atoms with Gasteiger partial charge in [0.1, 0.15) is 18.1 Å². The molecule has 0 heterocycles. The molecule has 1 aromatic carbocycles. The molecular weight excluding hydrogens is 474 g/mol. The molecule has 8 N–H and O–H groups in total. The average Bonchev–Trinajstić information content (AvgIpc) is 2.79. The minimum absolute atomic E-state index is 0.0995. The molecule has 0 bridgehead atoms. The second-order valence-corrected chi connectivity index (χ2v) is 9.42. The molecule has 0 saturated heterocycles. The maximum absolute atomic E-state index is 13.2. The number of carbonyl (C=O) groups is 5. The molecule has 4 unspecified atom stereocenters. The number of amides is 4. The second-order valence-electron chi connectivity index (χ2n) is 8.44. The summed E-state index contributed by atoms with van der Waals surface area (Å²) < 4.78 is 0. The molecule has 0 spiro atoms. The van der Waals surface area contributed by atoms with Crippen molar-refractivity contribution in [3.63, 3.8) is 0 Å². The fourth-order valence-corrected chi connectivity index (χ4v) is 3.65. The Bertz CT molecular complexity index is 882. The number of hydrogen-bond acceptors (Lipinski definition) is 7. The lowest BCUT2D eigenvalue weighted by atomic mass is 10.0. The topological polar surface area (TPSA) is 194 Å². The average molecular weight is 510 g/mol. The Morgan fingerprint density at radius 3 is 2.03 bits per heavy atom. The van der Waals surface area contributed by atoms with E-state index in [2.05, 4.69) is 16.0 Å². The summed E-state index contributed by atoms with van der Waals surface area (Å²) in [5.74, 6) is -4.07. The van der Waals surface area contributed by atoms with E-state index < -0.39 is 66.1 Å². The van der Waals surface area contributed by atoms with Crippen molar-refractivity contribution in [2.24, 2.45) is 17.4 Å². The Labute approximate surface area is 209 Å². The highest BCUT2D eigenvalue weighted by atomic mass is 32.2. The number of carbonyl (C=O) groups excluding carboxylic acids is 4. The van der Waals surface area contributed by atoms with Gasteiger partial charge in [0.25, 0.3) is 0 Å². The molecule has 35 heavy (non-hydrogen) atoms. The van der Waals surface area contributed by atoms with Crippen molar-refractivity contribution in [3.05, 3.63) is 35.9 Å². The van der Waals surface area contributed by atoms with Crippen LogP contribution in [0.3, 0.4) is 0 Å². The van der Waals surface area contributed by atoms with Crippen molar-refractivity contribution in [1.82, 2.24) is 16.0 Å². The molecule has 4 amide bonds. The molecule has 0 fully saturated rings. The summed E-state index contributed by atoms with van der Waals surface area (Å²) >= 11 is 1.53. The lowest BCUT2D eigenvalue weighted by Gasteiger charge is -2.25. The number of nitrogens with two attached hydrogens (primary N) is 2. The number of aliphatic carboxylic acids is 1. The third-order valence-corrected chi connectivity index (χ3v) is 5.80. The fraction of sp³-hybridized carbons (Fsp3) is 0.522. The number of nitrogens with one attached hydrogen (secondary N) is 3. The van der Waals surface area contributed by atoms with Gasteiger partial charge in [-0.15, -0.1) is 0 Å². The van der Waals surface area contributed by atoms with Gasteiger partial charge in [-0.2, -0.15) is 11.8 Å². The molecule has 1 rings (SSSR count). The van der Waals surface area contributed by atoms with Gasteiger partial charge in [-0.05, 0) is 29.9 Å². The van der Waals surface area contributed by atoms with Crippen molar-refractivity contribution >= 4 is 41.4 Å². The van der Waals surface area contributed by atoms with E-state index in [1.165, 1.54) is 11.8 Å². The van der Waals surface area contributed by atoms with Crippen LogP contribution in [0.2, 0.25) is 0 Å². The zero-order chi connectivity index (χ0) is 26.5. The summed E-state index contributed by atoms with van der Waals surface area (Å²) in [6.07, 6.45) is 1.84. The summed E-state index contributed by atoms with van der Waals surface area (Å²) in [4.78, 5) is 61.5. The number of hydrogen-bond donors (Lipinski definition) is 6. The molecule has 4 atom stereocenters. The first-order valence-electron chi connectivity index (χ1n) is 11.2. The molecule has 0 aromatic heterocycles. The smallest absolute Gasteiger partial charge is 0.326 e. The summed E-state index contributed by atoms with van der Waals surface area (Å²) in [7, 11) is 0. The highest BCUT2D eigenvalue weighted by Crippen LogP contribution is 2.07. The van der Waals surface area contributed by atoms with Crippen LogP contribution in [-0.4, -0.2) is 70.9 Å². The van der Waals surface area contributed by atoms with E-state index in [1.807, 2.05) is 6.26 Å². The number of thioether (sulfide) groups is 1. The molecular formula is C23H35N5O6S. The van der Waals surface area contributed by atoms with Crippen molar-refractivity contribution in [3.8, 4) is 0 Å². The van der Waals surface area contributed by atoms with Crippen LogP contribution in [0.4, 0.5) is 0 Å². The van der Waals surface area contributed by atoms with Crippen LogP contribution in [0.5, 0.6) is 0 Å². The maximum atomic E-state index is 13.2. The van der Waals surface area contributed by atoms with Gasteiger partial charge in [-0.3, -0.25) is 19.2 Å². The number of carboxylic acids is 1. The van der Waals surface area contributed by atoms with Crippen LogP contribution >= 0.6 is 11.8 Å². The normalized spacial score (nSPS) is 14.3. The molecule has 0 saturated carbocycles. The van der Waals surface area contributed by atoms with Crippen molar-refractivity contribution in [2.45, 2.75) is 57.3 Å². The van der Waals surface area contributed by atoms with Crippen molar-refractivity contribution < 1.29 is 29.1 Å². The van der Waals surface area contributed by atoms with Gasteiger partial charge in [0, 0.05) is 6.42 Å². The van der Waals surface area contributed by atoms with Crippen LogP contribution in [0, 0.1) is 5.92 Å². The van der Waals surface area contributed by atoms with Gasteiger partial charge in [0.2, 0.25) is 23.6 Å². The first kappa shape index (κ1) is 29.9. The van der Waals surface area contributed by atoms with Gasteiger partial charge in [-0.1, -0.05) is 44.2 Å². The molecule has 0 aliphatic carbocycles. The van der Waals surface area contributed by atoms with E-state index in [0.717, 1.165) is 5.56 Å². The van der Waals surface area contributed by atoms with E-state index in [-0.39, 0.29) is 6.42 Å². The number of primary amides is 1. The molecule has 0 aliphatic rings. The summed E-state index contributed by atoms with van der Waals surface area (Å²) in [6.45, 7) is 3.21. The van der Waals surface area contributed by atoms with E-state index in [4.69, 9.17) is 11.5 Å². The van der Waals surface area contributed by atoms with Crippen LogP contribution in [0.15, 0.2) is 30.3 Å². The summed E-state index contributed by atoms with van der Waals surface area (Å²) in [6, 6.07) is 4.30. The Balaban J connectivity index is 3.09. The maximum Gasteiger partial charge on any atom is 0.326 e. The van der Waals surface area contributed by atoms with Crippen LogP contribution < -0.4 is 27.4 Å². The molecule has 11 nitrogen and oxygen atoms in total. The molecule has 194 valence electrons. The largest absolute Gasteiger partial charge is 0.480 e. The number of rotatable bonds is 15. The minimum Gasteiger partial charge on any atom is -0.480 e. The first-order valence-corrected chi connectivity index (χ1v) is 12.6. The lowest BCUT2D eigenvalue weighted by molar-refractivity contribution is -0.143. The Morgan fingerprint density at radius 1 is 0.943 bits per heavy atom. The predicted molar refractivity (Wildman–Crippen MR) is 133 cm³/mol. The molecule has 1 aromatic rings. The number of benzene rings is 1. The number of carboxylic acid groups (broad SMARTS) is 1. The Morgan fingerprint density at radius 2 is 1.51 bits per heavy atom. The van der Waals surface area contributed by atoms with Gasteiger partial charge in [0.15, 0.2) is 0 Å². The Hall–Kier alpha value is -3.12. The zero-order valence-electron chi connectivity index (χ0n) is 20.2. The lowest BCUT2D eigenvalue weighted by Crippen LogP contribution is -2.58. The van der Waals surface area contributed by atoms with E-state index >= 15 is 0 Å². The summed E-state index contributed by atoms with van der Waals surface area (Å²) in [5, 5.41) is 16.7. The highest BCUT2D eigenvalue weighted by Gasteiger charge is 2.32. The van der Waals surface area contributed by atoms with Gasteiger partial charge in [0.05, 0.1) is 12.5 Å². The third kappa shape index (κ3) is 10.8. The van der Waals surface area contributed by atoms with Crippen molar-refractivity contribution in [1.29, 1.82) is 0 Å². The molecule has 0 radical (unpaired) electrons. The SMILES string of the molecule is CSCCC(N)C(=O)NC(Cc1ccccc1)C(=O)NC(CC(N)=O)C(=O)NC(C(=O)O)C(C)C. The van der Waals surface area contributed by atoms with Gasteiger partial charge >= 0.3 is 5.97 Å². The van der Waals surface area contributed by atoms with E-state index in [9.17, 15) is 29.1 Å². The third-order valence-electron chi connectivity index (χ3n) is 5.15. The van der Waals surface area contributed by atoms with Crippen molar-refractivity contribution in [2.75, 3.05) is 12.0 Å². The predicted octanol–water partition coefficient (Wildman–Crippen LogP) is -0.620. The Kier molecular flexibility index (Phi) is 12.8. The second kappa shape index (κ2) is 15.0. The van der Waals surface area contributed by atoms with Crippen LogP contribution in [0.1, 0.15) is 32.3 Å². The van der Waals surface area contributed by atoms with Crippen LogP contribution in [-0.2, 0) is 30.4 Å². The van der Waals surface area contributed by atoms with E-state index in [0.29, 0.717) is 12.2 Å². The minimum atomic E-state index is -1.43. The molecule has 12 heteroatoms.